The highest BCUT2D eigenvalue weighted by molar-refractivity contribution is 7.99. The first-order chi connectivity index (χ1) is 14.6. The molecule has 2 aromatic carbocycles. The fourth-order valence-corrected chi connectivity index (χ4v) is 3.81. The summed E-state index contributed by atoms with van der Waals surface area (Å²) in [5.41, 5.74) is 16.8. The van der Waals surface area contributed by atoms with Gasteiger partial charge in [-0.25, -0.2) is 9.98 Å². The lowest BCUT2D eigenvalue weighted by Crippen LogP contribution is -2.19. The molecule has 0 radical (unpaired) electrons. The molecular formula is C25H30N4OS. The van der Waals surface area contributed by atoms with E-state index in [0.29, 0.717) is 34.6 Å². The zero-order valence-corrected chi connectivity index (χ0v) is 19.6. The van der Waals surface area contributed by atoms with E-state index in [-0.39, 0.29) is 5.41 Å². The summed E-state index contributed by atoms with van der Waals surface area (Å²) in [6.07, 6.45) is 0. The Hall–Kier alpha value is -2.99. The molecule has 0 aliphatic rings. The van der Waals surface area contributed by atoms with Gasteiger partial charge in [0.1, 0.15) is 29.0 Å². The number of nitrogens with two attached hydrogens (primary N) is 2. The molecule has 0 spiro atoms. The monoisotopic (exact) mass is 434 g/mol. The average molecular weight is 435 g/mol. The second-order valence-electron chi connectivity index (χ2n) is 8.52. The highest BCUT2D eigenvalue weighted by Gasteiger charge is 2.18. The van der Waals surface area contributed by atoms with E-state index >= 15 is 0 Å². The number of hydrogen-bond acceptors (Lipinski definition) is 5. The van der Waals surface area contributed by atoms with E-state index in [0.717, 1.165) is 21.7 Å². The molecule has 0 atom stereocenters. The molecule has 6 heteroatoms. The third-order valence-corrected chi connectivity index (χ3v) is 5.64. The van der Waals surface area contributed by atoms with Gasteiger partial charge in [-0.05, 0) is 55.3 Å². The van der Waals surface area contributed by atoms with Gasteiger partial charge in [-0.15, -0.1) is 0 Å². The largest absolute Gasteiger partial charge is 0.480 e. The summed E-state index contributed by atoms with van der Waals surface area (Å²) in [7, 11) is 0. The first-order valence-corrected chi connectivity index (χ1v) is 11.2. The number of aryl methyl sites for hydroxylation is 2. The van der Waals surface area contributed by atoms with Gasteiger partial charge in [0.15, 0.2) is 0 Å². The number of anilines is 1. The number of hydrogen-bond donors (Lipinski definition) is 2. The first kappa shape index (κ1) is 22.7. The summed E-state index contributed by atoms with van der Waals surface area (Å²) >= 11 is 1.63. The Morgan fingerprint density at radius 1 is 1.06 bits per heavy atom. The van der Waals surface area contributed by atoms with Gasteiger partial charge in [-0.3, -0.25) is 0 Å². The molecular weight excluding hydrogens is 404 g/mol. The van der Waals surface area contributed by atoms with E-state index in [9.17, 15) is 0 Å². The van der Waals surface area contributed by atoms with Crippen molar-refractivity contribution < 1.29 is 4.74 Å². The minimum atomic E-state index is -0.0937. The molecule has 3 rings (SSSR count). The van der Waals surface area contributed by atoms with Crippen molar-refractivity contribution >= 4 is 29.1 Å². The van der Waals surface area contributed by atoms with Crippen molar-refractivity contribution in [1.29, 1.82) is 0 Å². The highest BCUT2D eigenvalue weighted by Crippen LogP contribution is 2.34. The second-order valence-corrected chi connectivity index (χ2v) is 9.52. The van der Waals surface area contributed by atoms with Crippen molar-refractivity contribution in [1.82, 2.24) is 4.98 Å². The van der Waals surface area contributed by atoms with Crippen LogP contribution in [0.4, 0.5) is 11.5 Å². The van der Waals surface area contributed by atoms with Gasteiger partial charge in [0.05, 0.1) is 5.56 Å². The van der Waals surface area contributed by atoms with Gasteiger partial charge in [0.2, 0.25) is 0 Å². The van der Waals surface area contributed by atoms with Gasteiger partial charge in [0.25, 0.3) is 0 Å². The number of aliphatic imine (C=N–C) groups is 1. The molecule has 0 aliphatic carbocycles. The molecule has 0 aliphatic heterocycles. The second kappa shape index (κ2) is 9.43. The molecule has 3 aromatic rings. The summed E-state index contributed by atoms with van der Waals surface area (Å²) in [6, 6.07) is 18.0. The minimum absolute atomic E-state index is 0.0937. The van der Waals surface area contributed by atoms with Crippen LogP contribution in [0.2, 0.25) is 0 Å². The van der Waals surface area contributed by atoms with Crippen LogP contribution in [0.3, 0.4) is 0 Å². The molecule has 4 N–H and O–H groups in total. The quantitative estimate of drug-likeness (QED) is 0.223. The van der Waals surface area contributed by atoms with Crippen LogP contribution in [0.1, 0.15) is 43.2 Å². The molecule has 162 valence electrons. The molecule has 5 nitrogen and oxygen atoms in total. The number of nitrogens with zero attached hydrogens (tertiary/aromatic N) is 2. The average Bonchev–Trinajstić information content (AvgIpc) is 2.70. The van der Waals surface area contributed by atoms with Gasteiger partial charge < -0.3 is 16.2 Å². The summed E-state index contributed by atoms with van der Waals surface area (Å²) in [5, 5.41) is 0. The van der Waals surface area contributed by atoms with Crippen LogP contribution in [0.15, 0.2) is 64.5 Å². The SMILES string of the molecule is Cc1cc(C)c(N=C(N)c2ccc(C(C)(C)C)nc2N)c(OCSc2ccccc2)c1. The Balaban J connectivity index is 1.88. The molecule has 0 unspecified atom stereocenters. The molecule has 0 fully saturated rings. The number of rotatable bonds is 6. The first-order valence-electron chi connectivity index (χ1n) is 10.2. The lowest BCUT2D eigenvalue weighted by Gasteiger charge is -2.19. The van der Waals surface area contributed by atoms with E-state index in [1.54, 1.807) is 11.8 Å². The predicted octanol–water partition coefficient (Wildman–Crippen LogP) is 5.74. The van der Waals surface area contributed by atoms with Crippen LogP contribution >= 0.6 is 11.8 Å². The van der Waals surface area contributed by atoms with Crippen molar-refractivity contribution in [2.75, 3.05) is 11.7 Å². The van der Waals surface area contributed by atoms with E-state index in [4.69, 9.17) is 16.2 Å². The minimum Gasteiger partial charge on any atom is -0.480 e. The van der Waals surface area contributed by atoms with Crippen molar-refractivity contribution in [3.8, 4) is 5.75 Å². The van der Waals surface area contributed by atoms with Crippen molar-refractivity contribution in [2.24, 2.45) is 10.7 Å². The van der Waals surface area contributed by atoms with Crippen molar-refractivity contribution in [3.63, 3.8) is 0 Å². The van der Waals surface area contributed by atoms with Crippen LogP contribution < -0.4 is 16.2 Å². The Labute approximate surface area is 188 Å². The van der Waals surface area contributed by atoms with Crippen LogP contribution in [-0.2, 0) is 5.41 Å². The fourth-order valence-electron chi connectivity index (χ4n) is 3.14. The maximum Gasteiger partial charge on any atom is 0.146 e. The van der Waals surface area contributed by atoms with Crippen LogP contribution in [0, 0.1) is 13.8 Å². The molecule has 31 heavy (non-hydrogen) atoms. The Kier molecular flexibility index (Phi) is 6.91. The number of benzene rings is 2. The summed E-state index contributed by atoms with van der Waals surface area (Å²) in [4.78, 5) is 10.4. The smallest absolute Gasteiger partial charge is 0.146 e. The predicted molar refractivity (Wildman–Crippen MR) is 131 cm³/mol. The number of ether oxygens (including phenoxy) is 1. The third kappa shape index (κ3) is 5.79. The van der Waals surface area contributed by atoms with Crippen molar-refractivity contribution in [3.05, 3.63) is 77.0 Å². The molecule has 0 amide bonds. The summed E-state index contributed by atoms with van der Waals surface area (Å²) in [6.45, 7) is 10.3. The molecule has 1 heterocycles. The van der Waals surface area contributed by atoms with E-state index in [1.165, 1.54) is 0 Å². The van der Waals surface area contributed by atoms with E-state index < -0.39 is 0 Å². The number of thioether (sulfide) groups is 1. The van der Waals surface area contributed by atoms with Crippen LogP contribution in [0.5, 0.6) is 5.75 Å². The molecule has 0 bridgehead atoms. The normalized spacial score (nSPS) is 12.1. The van der Waals surface area contributed by atoms with Crippen molar-refractivity contribution in [2.45, 2.75) is 44.9 Å². The summed E-state index contributed by atoms with van der Waals surface area (Å²) < 4.78 is 6.09. The maximum absolute atomic E-state index is 6.35. The zero-order chi connectivity index (χ0) is 22.6. The van der Waals surface area contributed by atoms with Gasteiger partial charge in [-0.1, -0.05) is 56.8 Å². The van der Waals surface area contributed by atoms with Crippen LogP contribution in [0.25, 0.3) is 0 Å². The Morgan fingerprint density at radius 2 is 1.77 bits per heavy atom. The highest BCUT2D eigenvalue weighted by atomic mass is 32.2. The van der Waals surface area contributed by atoms with Gasteiger partial charge >= 0.3 is 0 Å². The molecule has 0 saturated heterocycles. The Morgan fingerprint density at radius 3 is 2.42 bits per heavy atom. The summed E-state index contributed by atoms with van der Waals surface area (Å²) in [5.74, 6) is 1.86. The molecule has 0 saturated carbocycles. The van der Waals surface area contributed by atoms with E-state index in [1.807, 2.05) is 50.2 Å². The topological polar surface area (TPSA) is 86.5 Å². The number of aromatic nitrogens is 1. The fraction of sp³-hybridized carbons (Fsp3) is 0.280. The standard InChI is InChI=1S/C25H30N4OS/c1-16-13-17(2)22(20(14-16)30-15-31-18-9-7-6-8-10-18)29-24(27)19-11-12-21(25(3,4)5)28-23(19)26/h6-14H,15H2,1-5H3,(H2,26,28)(H2,27,29). The Bertz CT molecular complexity index is 1090. The number of nitrogen functional groups attached to an aromatic ring is 1. The maximum atomic E-state index is 6.35. The van der Waals surface area contributed by atoms with Crippen LogP contribution in [-0.4, -0.2) is 16.8 Å². The van der Waals surface area contributed by atoms with E-state index in [2.05, 4.69) is 48.9 Å². The lowest BCUT2D eigenvalue weighted by molar-refractivity contribution is 0.394. The number of amidine groups is 1. The zero-order valence-electron chi connectivity index (χ0n) is 18.8. The molecule has 1 aromatic heterocycles. The van der Waals surface area contributed by atoms with Gasteiger partial charge in [-0.2, -0.15) is 0 Å². The lowest BCUT2D eigenvalue weighted by atomic mass is 9.91. The third-order valence-electron chi connectivity index (χ3n) is 4.79. The van der Waals surface area contributed by atoms with Gasteiger partial charge in [0, 0.05) is 16.0 Å². The number of pyridine rings is 1.